The first-order valence-corrected chi connectivity index (χ1v) is 6.04. The van der Waals surface area contributed by atoms with Crippen molar-refractivity contribution in [1.82, 2.24) is 20.2 Å². The molecule has 2 aromatic rings. The summed E-state index contributed by atoms with van der Waals surface area (Å²) >= 11 is 10.7. The molecular weight excluding hydrogens is 288 g/mol. The minimum Gasteiger partial charge on any atom is -0.223 e. The van der Waals surface area contributed by atoms with Gasteiger partial charge in [0.25, 0.3) is 0 Å². The molecular formula is C7H6BrClN4S. The lowest BCUT2D eigenvalue weighted by molar-refractivity contribution is 0.636. The molecule has 0 aliphatic carbocycles. The average Bonchev–Trinajstić information content (AvgIpc) is 2.76. The van der Waals surface area contributed by atoms with Gasteiger partial charge in [-0.05, 0) is 32.4 Å². The summed E-state index contributed by atoms with van der Waals surface area (Å²) in [5.41, 5.74) is 0. The monoisotopic (exact) mass is 292 g/mol. The Hall–Kier alpha value is -0.460. The molecule has 0 amide bonds. The van der Waals surface area contributed by atoms with Gasteiger partial charge < -0.3 is 0 Å². The number of tetrazole rings is 1. The highest BCUT2D eigenvalue weighted by molar-refractivity contribution is 9.10. The summed E-state index contributed by atoms with van der Waals surface area (Å²) < 4.78 is 2.78. The highest BCUT2D eigenvalue weighted by atomic mass is 79.9. The molecule has 0 aromatic carbocycles. The Kier molecular flexibility index (Phi) is 3.15. The van der Waals surface area contributed by atoms with E-state index < -0.39 is 0 Å². The van der Waals surface area contributed by atoms with E-state index in [1.165, 1.54) is 4.88 Å². The van der Waals surface area contributed by atoms with Crippen LogP contribution in [0.1, 0.15) is 10.7 Å². The third-order valence-electron chi connectivity index (χ3n) is 1.65. The van der Waals surface area contributed by atoms with Crippen molar-refractivity contribution < 1.29 is 0 Å². The van der Waals surface area contributed by atoms with Gasteiger partial charge in [-0.15, -0.1) is 28.0 Å². The Morgan fingerprint density at radius 1 is 1.57 bits per heavy atom. The van der Waals surface area contributed by atoms with Crippen molar-refractivity contribution in [3.8, 4) is 0 Å². The number of hydrogen-bond donors (Lipinski definition) is 0. The first kappa shape index (κ1) is 10.1. The molecule has 0 unspecified atom stereocenters. The number of aromatic nitrogens is 4. The molecule has 74 valence electrons. The van der Waals surface area contributed by atoms with Gasteiger partial charge in [-0.25, -0.2) is 4.68 Å². The Balaban J connectivity index is 2.18. The molecule has 0 aliphatic rings. The third-order valence-corrected chi connectivity index (χ3v) is 3.57. The molecule has 2 aromatic heterocycles. The zero-order valence-corrected chi connectivity index (χ0v) is 10.2. The third kappa shape index (κ3) is 2.13. The SMILES string of the molecule is ClCc1nnnn1Cc1cc(Br)cs1. The van der Waals surface area contributed by atoms with Crippen molar-refractivity contribution >= 4 is 38.9 Å². The number of nitrogens with zero attached hydrogens (tertiary/aromatic N) is 4. The van der Waals surface area contributed by atoms with Crippen LogP contribution in [0.4, 0.5) is 0 Å². The largest absolute Gasteiger partial charge is 0.223 e. The van der Waals surface area contributed by atoms with Crippen LogP contribution in [0.5, 0.6) is 0 Å². The number of alkyl halides is 1. The highest BCUT2D eigenvalue weighted by Crippen LogP contribution is 2.20. The van der Waals surface area contributed by atoms with Gasteiger partial charge in [0.1, 0.15) is 0 Å². The van der Waals surface area contributed by atoms with Crippen LogP contribution < -0.4 is 0 Å². The molecule has 2 rings (SSSR count). The van der Waals surface area contributed by atoms with Crippen LogP contribution in [0.2, 0.25) is 0 Å². The first-order chi connectivity index (χ1) is 6.79. The Bertz CT molecular complexity index is 427. The zero-order chi connectivity index (χ0) is 9.97. The van der Waals surface area contributed by atoms with E-state index in [2.05, 4.69) is 31.5 Å². The molecule has 0 fully saturated rings. The van der Waals surface area contributed by atoms with E-state index in [1.54, 1.807) is 16.0 Å². The van der Waals surface area contributed by atoms with Gasteiger partial charge in [0.15, 0.2) is 5.82 Å². The molecule has 0 saturated heterocycles. The van der Waals surface area contributed by atoms with Crippen molar-refractivity contribution in [3.05, 3.63) is 26.6 Å². The molecule has 14 heavy (non-hydrogen) atoms. The van der Waals surface area contributed by atoms with Crippen molar-refractivity contribution in [2.24, 2.45) is 0 Å². The van der Waals surface area contributed by atoms with Crippen LogP contribution >= 0.6 is 38.9 Å². The van der Waals surface area contributed by atoms with Gasteiger partial charge in [0.05, 0.1) is 12.4 Å². The van der Waals surface area contributed by atoms with E-state index in [0.29, 0.717) is 18.2 Å². The van der Waals surface area contributed by atoms with Gasteiger partial charge in [-0.1, -0.05) is 0 Å². The van der Waals surface area contributed by atoms with Gasteiger partial charge in [0.2, 0.25) is 0 Å². The van der Waals surface area contributed by atoms with Crippen molar-refractivity contribution in [2.75, 3.05) is 0 Å². The second-order valence-electron chi connectivity index (χ2n) is 2.62. The lowest BCUT2D eigenvalue weighted by Crippen LogP contribution is -2.04. The normalized spacial score (nSPS) is 10.7. The average molecular weight is 294 g/mol. The number of halogens is 2. The number of rotatable bonds is 3. The van der Waals surface area contributed by atoms with E-state index in [1.807, 2.05) is 11.4 Å². The second kappa shape index (κ2) is 4.37. The smallest absolute Gasteiger partial charge is 0.166 e. The fourth-order valence-corrected chi connectivity index (χ4v) is 2.65. The van der Waals surface area contributed by atoms with Gasteiger partial charge >= 0.3 is 0 Å². The predicted octanol–water partition coefficient (Wildman–Crippen LogP) is 2.28. The van der Waals surface area contributed by atoms with Crippen LogP contribution in [0, 0.1) is 0 Å². The van der Waals surface area contributed by atoms with Crippen molar-refractivity contribution in [3.63, 3.8) is 0 Å². The highest BCUT2D eigenvalue weighted by Gasteiger charge is 2.06. The standard InChI is InChI=1S/C7H6BrClN4S/c8-5-1-6(14-4-5)3-13-7(2-9)10-11-12-13/h1,4H,2-3H2. The lowest BCUT2D eigenvalue weighted by Gasteiger charge is -1.98. The first-order valence-electron chi connectivity index (χ1n) is 3.83. The molecule has 0 spiro atoms. The van der Waals surface area contributed by atoms with Crippen LogP contribution in [-0.4, -0.2) is 20.2 Å². The van der Waals surface area contributed by atoms with Crippen LogP contribution in [0.3, 0.4) is 0 Å². The molecule has 0 saturated carbocycles. The number of thiophene rings is 1. The van der Waals surface area contributed by atoms with Gasteiger partial charge in [-0.2, -0.15) is 0 Å². The van der Waals surface area contributed by atoms with Crippen molar-refractivity contribution in [2.45, 2.75) is 12.4 Å². The summed E-state index contributed by atoms with van der Waals surface area (Å²) in [7, 11) is 0. The maximum absolute atomic E-state index is 5.68. The van der Waals surface area contributed by atoms with Crippen LogP contribution in [-0.2, 0) is 12.4 Å². The van der Waals surface area contributed by atoms with E-state index in [9.17, 15) is 0 Å². The quantitative estimate of drug-likeness (QED) is 0.816. The van der Waals surface area contributed by atoms with Crippen LogP contribution in [0.25, 0.3) is 0 Å². The maximum Gasteiger partial charge on any atom is 0.166 e. The molecule has 0 N–H and O–H groups in total. The molecule has 0 atom stereocenters. The maximum atomic E-state index is 5.68. The molecule has 2 heterocycles. The summed E-state index contributed by atoms with van der Waals surface area (Å²) in [4.78, 5) is 1.19. The second-order valence-corrected chi connectivity index (χ2v) is 4.80. The minimum atomic E-state index is 0.333. The van der Waals surface area contributed by atoms with Crippen LogP contribution in [0.15, 0.2) is 15.9 Å². The summed E-state index contributed by atoms with van der Waals surface area (Å²) in [6.07, 6.45) is 0. The van der Waals surface area contributed by atoms with Crippen molar-refractivity contribution in [1.29, 1.82) is 0 Å². The Morgan fingerprint density at radius 3 is 3.07 bits per heavy atom. The fraction of sp³-hybridized carbons (Fsp3) is 0.286. The summed E-state index contributed by atoms with van der Waals surface area (Å²) in [5.74, 6) is 1.02. The summed E-state index contributed by atoms with van der Waals surface area (Å²) in [6, 6.07) is 2.05. The molecule has 0 aliphatic heterocycles. The lowest BCUT2D eigenvalue weighted by atomic mass is 10.4. The zero-order valence-electron chi connectivity index (χ0n) is 7.02. The summed E-state index contributed by atoms with van der Waals surface area (Å²) in [5, 5.41) is 13.2. The molecule has 0 radical (unpaired) electrons. The fourth-order valence-electron chi connectivity index (χ4n) is 1.03. The topological polar surface area (TPSA) is 43.6 Å². The number of hydrogen-bond acceptors (Lipinski definition) is 4. The molecule has 0 bridgehead atoms. The van der Waals surface area contributed by atoms with Gasteiger partial charge in [0, 0.05) is 14.7 Å². The minimum absolute atomic E-state index is 0.333. The van der Waals surface area contributed by atoms with Gasteiger partial charge in [-0.3, -0.25) is 0 Å². The molecule has 7 heteroatoms. The van der Waals surface area contributed by atoms with E-state index in [-0.39, 0.29) is 0 Å². The van der Waals surface area contributed by atoms with E-state index >= 15 is 0 Å². The Morgan fingerprint density at radius 2 is 2.43 bits per heavy atom. The van der Waals surface area contributed by atoms with E-state index in [0.717, 1.165) is 4.47 Å². The Labute approximate surface area is 98.0 Å². The predicted molar refractivity (Wildman–Crippen MR) is 58.5 cm³/mol. The summed E-state index contributed by atoms with van der Waals surface area (Å²) in [6.45, 7) is 0.672. The van der Waals surface area contributed by atoms with E-state index in [4.69, 9.17) is 11.6 Å². The molecule has 4 nitrogen and oxygen atoms in total.